The van der Waals surface area contributed by atoms with Crippen molar-refractivity contribution >= 4 is 16.9 Å². The zero-order valence-corrected chi connectivity index (χ0v) is 20.2. The summed E-state index contributed by atoms with van der Waals surface area (Å²) in [5, 5.41) is 22.9. The molecular formula is C26H36O7. The maximum atomic E-state index is 11.5. The van der Waals surface area contributed by atoms with Crippen LogP contribution in [0.1, 0.15) is 66.7 Å². The number of hydrogen-bond donors (Lipinski definition) is 2. The second-order valence-electron chi connectivity index (χ2n) is 10.5. The maximum Gasteiger partial charge on any atom is 0.336 e. The standard InChI is InChI=1S/C26H36O7/c1-17(27)32-22-11-13-26(5,30)21(24(22,2)3)10-12-25(4,29)14-15-31-19-8-6-18-7-9-23(28)33-20(18)16-19/h6-9,16,21-22,29-30H,10-15H2,1-5H3. The van der Waals surface area contributed by atoms with E-state index in [2.05, 4.69) is 0 Å². The molecule has 3 rings (SSSR count). The Labute approximate surface area is 194 Å². The molecule has 1 fully saturated rings. The van der Waals surface area contributed by atoms with Crippen molar-refractivity contribution in [1.29, 1.82) is 0 Å². The molecule has 2 N–H and O–H groups in total. The highest BCUT2D eigenvalue weighted by Crippen LogP contribution is 2.50. The number of carbonyl (C=O) groups is 1. The molecule has 0 spiro atoms. The van der Waals surface area contributed by atoms with Gasteiger partial charge in [-0.15, -0.1) is 0 Å². The Morgan fingerprint density at radius 3 is 2.61 bits per heavy atom. The molecule has 1 saturated carbocycles. The van der Waals surface area contributed by atoms with Gasteiger partial charge in [-0.05, 0) is 63.6 Å². The smallest absolute Gasteiger partial charge is 0.336 e. The van der Waals surface area contributed by atoms with E-state index in [1.807, 2.05) is 26.8 Å². The molecule has 4 unspecified atom stereocenters. The second kappa shape index (κ2) is 9.47. The summed E-state index contributed by atoms with van der Waals surface area (Å²) in [6.07, 6.45) is 2.36. The van der Waals surface area contributed by atoms with E-state index < -0.39 is 22.2 Å². The monoisotopic (exact) mass is 460 g/mol. The van der Waals surface area contributed by atoms with Gasteiger partial charge in [0.25, 0.3) is 0 Å². The molecule has 1 aromatic carbocycles. The molecule has 1 heterocycles. The van der Waals surface area contributed by atoms with Crippen molar-refractivity contribution in [3.63, 3.8) is 0 Å². The summed E-state index contributed by atoms with van der Waals surface area (Å²) in [5.41, 5.74) is -2.28. The third kappa shape index (κ3) is 6.15. The molecule has 1 aromatic heterocycles. The first-order valence-corrected chi connectivity index (χ1v) is 11.6. The van der Waals surface area contributed by atoms with Gasteiger partial charge in [0.1, 0.15) is 17.4 Å². The largest absolute Gasteiger partial charge is 0.493 e. The van der Waals surface area contributed by atoms with Gasteiger partial charge in [0.05, 0.1) is 17.8 Å². The lowest BCUT2D eigenvalue weighted by atomic mass is 9.58. The molecule has 1 aliphatic rings. The molecule has 7 nitrogen and oxygen atoms in total. The summed E-state index contributed by atoms with van der Waals surface area (Å²) in [4.78, 5) is 23.0. The van der Waals surface area contributed by atoms with Crippen molar-refractivity contribution in [2.45, 2.75) is 84.0 Å². The number of esters is 1. The van der Waals surface area contributed by atoms with Gasteiger partial charge in [0.15, 0.2) is 0 Å². The lowest BCUT2D eigenvalue weighted by Gasteiger charge is -2.52. The summed E-state index contributed by atoms with van der Waals surface area (Å²) in [5.74, 6) is 0.109. The first kappa shape index (κ1) is 25.2. The minimum Gasteiger partial charge on any atom is -0.493 e. The highest BCUT2D eigenvalue weighted by molar-refractivity contribution is 5.77. The van der Waals surface area contributed by atoms with Crippen molar-refractivity contribution in [1.82, 2.24) is 0 Å². The van der Waals surface area contributed by atoms with E-state index >= 15 is 0 Å². The van der Waals surface area contributed by atoms with E-state index in [1.165, 1.54) is 13.0 Å². The van der Waals surface area contributed by atoms with Gasteiger partial charge in [0.2, 0.25) is 0 Å². The zero-order chi connectivity index (χ0) is 24.4. The molecule has 2 aromatic rings. The Morgan fingerprint density at radius 2 is 1.91 bits per heavy atom. The lowest BCUT2D eigenvalue weighted by Crippen LogP contribution is -2.55. The van der Waals surface area contributed by atoms with Gasteiger partial charge in [0, 0.05) is 36.3 Å². The van der Waals surface area contributed by atoms with Crippen LogP contribution in [-0.2, 0) is 9.53 Å². The number of rotatable bonds is 8. The van der Waals surface area contributed by atoms with Crippen LogP contribution >= 0.6 is 0 Å². The third-order valence-electron chi connectivity index (χ3n) is 7.18. The quantitative estimate of drug-likeness (QED) is 0.449. The van der Waals surface area contributed by atoms with E-state index in [1.54, 1.807) is 25.1 Å². The van der Waals surface area contributed by atoms with Crippen LogP contribution < -0.4 is 10.4 Å². The molecular weight excluding hydrogens is 424 g/mol. The minimum absolute atomic E-state index is 0.140. The van der Waals surface area contributed by atoms with Crippen LogP contribution in [0.15, 0.2) is 39.5 Å². The zero-order valence-electron chi connectivity index (χ0n) is 20.2. The fourth-order valence-electron chi connectivity index (χ4n) is 5.19. The average Bonchev–Trinajstić information content (AvgIpc) is 2.69. The van der Waals surface area contributed by atoms with Crippen LogP contribution in [0.25, 0.3) is 11.0 Å². The van der Waals surface area contributed by atoms with Crippen molar-refractivity contribution < 1.29 is 28.9 Å². The third-order valence-corrected chi connectivity index (χ3v) is 7.18. The Bertz CT molecular complexity index is 1030. The molecule has 0 bridgehead atoms. The van der Waals surface area contributed by atoms with Gasteiger partial charge < -0.3 is 24.1 Å². The molecule has 182 valence electrons. The molecule has 1 aliphatic carbocycles. The van der Waals surface area contributed by atoms with E-state index in [-0.39, 0.29) is 24.6 Å². The second-order valence-corrected chi connectivity index (χ2v) is 10.5. The van der Waals surface area contributed by atoms with Gasteiger partial charge >= 0.3 is 11.6 Å². The summed E-state index contributed by atoms with van der Waals surface area (Å²) >= 11 is 0. The fourth-order valence-corrected chi connectivity index (χ4v) is 5.19. The number of benzene rings is 1. The Morgan fingerprint density at radius 1 is 1.21 bits per heavy atom. The van der Waals surface area contributed by atoms with Crippen LogP contribution in [0, 0.1) is 11.3 Å². The van der Waals surface area contributed by atoms with E-state index in [9.17, 15) is 19.8 Å². The van der Waals surface area contributed by atoms with Crippen molar-refractivity contribution in [3.8, 4) is 5.75 Å². The number of carbonyl (C=O) groups excluding carboxylic acids is 1. The highest BCUT2D eigenvalue weighted by Gasteiger charge is 2.52. The number of ether oxygens (including phenoxy) is 2. The normalized spacial score (nSPS) is 26.5. The molecule has 4 atom stereocenters. The number of fused-ring (bicyclic) bond motifs is 1. The fraction of sp³-hybridized carbons (Fsp3) is 0.615. The average molecular weight is 461 g/mol. The molecule has 0 saturated heterocycles. The highest BCUT2D eigenvalue weighted by atomic mass is 16.5. The molecule has 0 aliphatic heterocycles. The Balaban J connectivity index is 1.59. The van der Waals surface area contributed by atoms with Gasteiger partial charge in [-0.1, -0.05) is 13.8 Å². The molecule has 0 radical (unpaired) electrons. The van der Waals surface area contributed by atoms with Gasteiger partial charge in [-0.3, -0.25) is 4.79 Å². The SMILES string of the molecule is CC(=O)OC1CCC(C)(O)C(CCC(C)(O)CCOc2ccc3ccc(=O)oc3c2)C1(C)C. The predicted octanol–water partition coefficient (Wildman–Crippen LogP) is 4.21. The first-order chi connectivity index (χ1) is 15.3. The maximum absolute atomic E-state index is 11.5. The predicted molar refractivity (Wildman–Crippen MR) is 125 cm³/mol. The Hall–Kier alpha value is -2.38. The van der Waals surface area contributed by atoms with Crippen molar-refractivity contribution in [2.75, 3.05) is 6.61 Å². The lowest BCUT2D eigenvalue weighted by molar-refractivity contribution is -0.182. The van der Waals surface area contributed by atoms with Crippen LogP contribution in [-0.4, -0.2) is 40.1 Å². The summed E-state index contributed by atoms with van der Waals surface area (Å²) < 4.78 is 16.5. The number of hydrogen-bond acceptors (Lipinski definition) is 7. The Kier molecular flexibility index (Phi) is 7.24. The molecule has 0 amide bonds. The van der Waals surface area contributed by atoms with E-state index in [0.29, 0.717) is 43.4 Å². The van der Waals surface area contributed by atoms with E-state index in [0.717, 1.165) is 5.39 Å². The first-order valence-electron chi connectivity index (χ1n) is 11.6. The summed E-state index contributed by atoms with van der Waals surface area (Å²) in [6.45, 7) is 9.34. The van der Waals surface area contributed by atoms with E-state index in [4.69, 9.17) is 13.9 Å². The van der Waals surface area contributed by atoms with Crippen molar-refractivity contribution in [3.05, 3.63) is 40.8 Å². The van der Waals surface area contributed by atoms with Gasteiger partial charge in [-0.25, -0.2) is 4.79 Å². The van der Waals surface area contributed by atoms with Crippen molar-refractivity contribution in [2.24, 2.45) is 11.3 Å². The van der Waals surface area contributed by atoms with Crippen LogP contribution in [0.5, 0.6) is 5.75 Å². The molecule has 7 heteroatoms. The summed E-state index contributed by atoms with van der Waals surface area (Å²) in [7, 11) is 0. The summed E-state index contributed by atoms with van der Waals surface area (Å²) in [6, 6.07) is 8.36. The van der Waals surface area contributed by atoms with Gasteiger partial charge in [-0.2, -0.15) is 0 Å². The van der Waals surface area contributed by atoms with Crippen LogP contribution in [0.3, 0.4) is 0 Å². The van der Waals surface area contributed by atoms with Crippen LogP contribution in [0.2, 0.25) is 0 Å². The number of aliphatic hydroxyl groups is 2. The topological polar surface area (TPSA) is 106 Å². The van der Waals surface area contributed by atoms with Crippen LogP contribution in [0.4, 0.5) is 0 Å². The molecule has 33 heavy (non-hydrogen) atoms. The minimum atomic E-state index is -0.996.